The van der Waals surface area contributed by atoms with E-state index in [1.807, 2.05) is 13.8 Å². The molecule has 1 aliphatic carbocycles. The topological polar surface area (TPSA) is 66.9 Å². The predicted molar refractivity (Wildman–Crippen MR) is 109 cm³/mol. The summed E-state index contributed by atoms with van der Waals surface area (Å²) in [6.45, 7) is 9.20. The standard InChI is InChI=1S/C19H26N2O4S.C2H6/c1-15(22)17-4-6-18(7-5-17)26(23,24)21-12-13-25-19(21)8-10-20(11-9-19)14-16-2-3-16;1-2/h4-7,16H,2-3,8-14H2,1H3;1-2H3. The van der Waals surface area contributed by atoms with Crippen molar-refractivity contribution in [1.82, 2.24) is 9.21 Å². The van der Waals surface area contributed by atoms with Gasteiger partial charge in [0.1, 0.15) is 5.72 Å². The van der Waals surface area contributed by atoms with Gasteiger partial charge in [-0.1, -0.05) is 26.0 Å². The van der Waals surface area contributed by atoms with Crippen molar-refractivity contribution in [3.63, 3.8) is 0 Å². The van der Waals surface area contributed by atoms with E-state index < -0.39 is 15.7 Å². The SMILES string of the molecule is CC.CC(=O)c1ccc(S(=O)(=O)N2CCOC23CCN(CC2CC2)CC3)cc1. The first kappa shape index (κ1) is 21.4. The summed E-state index contributed by atoms with van der Waals surface area (Å²) in [7, 11) is -3.64. The minimum absolute atomic E-state index is 0.0713. The molecule has 1 aromatic carbocycles. The van der Waals surface area contributed by atoms with Crippen LogP contribution in [0.1, 0.15) is 56.8 Å². The van der Waals surface area contributed by atoms with Crippen LogP contribution >= 0.6 is 0 Å². The van der Waals surface area contributed by atoms with Crippen LogP contribution in [0.4, 0.5) is 0 Å². The van der Waals surface area contributed by atoms with Gasteiger partial charge < -0.3 is 9.64 Å². The molecule has 0 unspecified atom stereocenters. The summed E-state index contributed by atoms with van der Waals surface area (Å²) in [4.78, 5) is 14.1. The first-order chi connectivity index (χ1) is 13.4. The van der Waals surface area contributed by atoms with Gasteiger partial charge >= 0.3 is 0 Å². The Morgan fingerprint density at radius 2 is 1.71 bits per heavy atom. The van der Waals surface area contributed by atoms with Crippen LogP contribution in [-0.4, -0.2) is 61.9 Å². The van der Waals surface area contributed by atoms with Crippen LogP contribution in [0.2, 0.25) is 0 Å². The van der Waals surface area contributed by atoms with Crippen molar-refractivity contribution >= 4 is 15.8 Å². The highest BCUT2D eigenvalue weighted by Gasteiger charge is 2.50. The van der Waals surface area contributed by atoms with Crippen molar-refractivity contribution in [2.45, 2.75) is 57.1 Å². The van der Waals surface area contributed by atoms with Crippen molar-refractivity contribution in [2.24, 2.45) is 5.92 Å². The van der Waals surface area contributed by atoms with Crippen LogP contribution in [0.25, 0.3) is 0 Å². The first-order valence-electron chi connectivity index (χ1n) is 10.4. The van der Waals surface area contributed by atoms with Gasteiger partial charge in [0, 0.05) is 44.6 Å². The molecule has 156 valence electrons. The summed E-state index contributed by atoms with van der Waals surface area (Å²) < 4.78 is 34.0. The molecule has 0 N–H and O–H groups in total. The molecule has 0 atom stereocenters. The molecular weight excluding hydrogens is 376 g/mol. The van der Waals surface area contributed by atoms with E-state index in [0.717, 1.165) is 25.6 Å². The molecule has 0 aromatic heterocycles. The van der Waals surface area contributed by atoms with Gasteiger partial charge in [0.05, 0.1) is 11.5 Å². The van der Waals surface area contributed by atoms with Gasteiger partial charge in [0.15, 0.2) is 5.78 Å². The number of nitrogens with zero attached hydrogens (tertiary/aromatic N) is 2. The van der Waals surface area contributed by atoms with Crippen molar-refractivity contribution < 1.29 is 17.9 Å². The Hall–Kier alpha value is -1.28. The monoisotopic (exact) mass is 408 g/mol. The summed E-state index contributed by atoms with van der Waals surface area (Å²) in [5.41, 5.74) is -0.192. The Morgan fingerprint density at radius 3 is 2.25 bits per heavy atom. The molecule has 3 fully saturated rings. The number of ether oxygens (including phenoxy) is 1. The average molecular weight is 409 g/mol. The van der Waals surface area contributed by atoms with Gasteiger partial charge in [-0.3, -0.25) is 4.79 Å². The lowest BCUT2D eigenvalue weighted by atomic mass is 10.0. The zero-order valence-corrected chi connectivity index (χ0v) is 18.0. The lowest BCUT2D eigenvalue weighted by Gasteiger charge is -2.43. The molecule has 1 aromatic rings. The second-order valence-corrected chi connectivity index (χ2v) is 9.56. The zero-order valence-electron chi connectivity index (χ0n) is 17.2. The Morgan fingerprint density at radius 1 is 1.11 bits per heavy atom. The van der Waals surface area contributed by atoms with E-state index in [2.05, 4.69) is 4.90 Å². The third-order valence-electron chi connectivity index (χ3n) is 5.82. The number of benzene rings is 1. The number of ketones is 1. The molecule has 6 nitrogen and oxygen atoms in total. The van der Waals surface area contributed by atoms with Crippen molar-refractivity contribution in [2.75, 3.05) is 32.8 Å². The van der Waals surface area contributed by atoms with Gasteiger partial charge in [0.2, 0.25) is 10.0 Å². The quantitative estimate of drug-likeness (QED) is 0.700. The summed E-state index contributed by atoms with van der Waals surface area (Å²) in [6.07, 6.45) is 4.08. The van der Waals surface area contributed by atoms with E-state index in [0.29, 0.717) is 31.6 Å². The van der Waals surface area contributed by atoms with Crippen LogP contribution in [0.5, 0.6) is 0 Å². The number of hydrogen-bond acceptors (Lipinski definition) is 5. The average Bonchev–Trinajstić information content (AvgIpc) is 3.43. The second kappa shape index (κ2) is 8.61. The van der Waals surface area contributed by atoms with Gasteiger partial charge in [-0.2, -0.15) is 4.31 Å². The van der Waals surface area contributed by atoms with Crippen molar-refractivity contribution in [3.8, 4) is 0 Å². The summed E-state index contributed by atoms with van der Waals surface area (Å²) >= 11 is 0. The number of piperidine rings is 1. The molecule has 1 saturated carbocycles. The largest absolute Gasteiger partial charge is 0.358 e. The Kier molecular flexibility index (Phi) is 6.59. The number of sulfonamides is 1. The Balaban J connectivity index is 0.00000109. The fraction of sp³-hybridized carbons (Fsp3) is 0.667. The van der Waals surface area contributed by atoms with E-state index >= 15 is 0 Å². The Labute approximate surface area is 168 Å². The number of carbonyl (C=O) groups is 1. The molecule has 28 heavy (non-hydrogen) atoms. The maximum atomic E-state index is 13.2. The normalized spacial score (nSPS) is 22.7. The highest BCUT2D eigenvalue weighted by molar-refractivity contribution is 7.89. The minimum atomic E-state index is -3.64. The zero-order chi connectivity index (χ0) is 20.4. The molecule has 4 rings (SSSR count). The molecule has 1 spiro atoms. The third kappa shape index (κ3) is 4.32. The van der Waals surface area contributed by atoms with E-state index in [-0.39, 0.29) is 10.7 Å². The highest BCUT2D eigenvalue weighted by atomic mass is 32.2. The number of likely N-dealkylation sites (tertiary alicyclic amines) is 1. The van der Waals surface area contributed by atoms with E-state index in [1.54, 1.807) is 16.4 Å². The van der Waals surface area contributed by atoms with Gasteiger partial charge in [-0.25, -0.2) is 8.42 Å². The maximum Gasteiger partial charge on any atom is 0.245 e. The maximum absolute atomic E-state index is 13.2. The summed E-state index contributed by atoms with van der Waals surface area (Å²) in [5, 5.41) is 0. The summed E-state index contributed by atoms with van der Waals surface area (Å²) in [6, 6.07) is 6.22. The van der Waals surface area contributed by atoms with Gasteiger partial charge in [-0.05, 0) is 37.8 Å². The number of Topliss-reactive ketones (excluding diaryl/α,β-unsaturated/α-hetero) is 1. The van der Waals surface area contributed by atoms with Crippen LogP contribution in [0, 0.1) is 5.92 Å². The number of carbonyl (C=O) groups excluding carboxylic acids is 1. The van der Waals surface area contributed by atoms with Crippen LogP contribution in [0.3, 0.4) is 0 Å². The van der Waals surface area contributed by atoms with Crippen LogP contribution in [-0.2, 0) is 14.8 Å². The molecule has 2 saturated heterocycles. The fourth-order valence-electron chi connectivity index (χ4n) is 4.07. The Bertz CT molecular complexity index is 779. The van der Waals surface area contributed by atoms with Crippen LogP contribution < -0.4 is 0 Å². The smallest absolute Gasteiger partial charge is 0.245 e. The predicted octanol–water partition coefficient (Wildman–Crippen LogP) is 3.14. The first-order valence-corrected chi connectivity index (χ1v) is 11.8. The molecule has 0 bridgehead atoms. The highest BCUT2D eigenvalue weighted by Crippen LogP contribution is 2.39. The molecule has 7 heteroatoms. The molecule has 0 radical (unpaired) electrons. The molecule has 0 amide bonds. The molecule has 3 aliphatic rings. The molecular formula is C21H32N2O4S. The van der Waals surface area contributed by atoms with Gasteiger partial charge in [0.25, 0.3) is 0 Å². The van der Waals surface area contributed by atoms with Crippen LogP contribution in [0.15, 0.2) is 29.2 Å². The minimum Gasteiger partial charge on any atom is -0.358 e. The van der Waals surface area contributed by atoms with E-state index in [1.165, 1.54) is 31.9 Å². The second-order valence-electron chi connectivity index (χ2n) is 7.70. The molecule has 2 heterocycles. The summed E-state index contributed by atoms with van der Waals surface area (Å²) in [5.74, 6) is 0.770. The van der Waals surface area contributed by atoms with E-state index in [9.17, 15) is 13.2 Å². The molecule has 2 aliphatic heterocycles. The fourth-order valence-corrected chi connectivity index (χ4v) is 5.79. The van der Waals surface area contributed by atoms with Crippen molar-refractivity contribution in [1.29, 1.82) is 0 Å². The number of rotatable bonds is 5. The van der Waals surface area contributed by atoms with Gasteiger partial charge in [-0.15, -0.1) is 0 Å². The van der Waals surface area contributed by atoms with E-state index in [4.69, 9.17) is 4.74 Å². The third-order valence-corrected chi connectivity index (χ3v) is 7.78. The lowest BCUT2D eigenvalue weighted by Crippen LogP contribution is -2.55. The lowest BCUT2D eigenvalue weighted by molar-refractivity contribution is -0.0910. The number of hydrogen-bond donors (Lipinski definition) is 0. The van der Waals surface area contributed by atoms with Crippen molar-refractivity contribution in [3.05, 3.63) is 29.8 Å².